The van der Waals surface area contributed by atoms with Crippen LogP contribution in [-0.2, 0) is 20.8 Å². The van der Waals surface area contributed by atoms with Crippen molar-refractivity contribution in [3.05, 3.63) is 34.1 Å². The smallest absolute Gasteiger partial charge is 0.408 e. The highest BCUT2D eigenvalue weighted by Crippen LogP contribution is 2.20. The molecule has 1 N–H and O–H groups in total. The van der Waals surface area contributed by atoms with E-state index >= 15 is 0 Å². The molecule has 0 spiro atoms. The van der Waals surface area contributed by atoms with Gasteiger partial charge < -0.3 is 10.1 Å². The van der Waals surface area contributed by atoms with E-state index in [0.29, 0.717) is 0 Å². The quantitative estimate of drug-likeness (QED) is 0.765. The maximum Gasteiger partial charge on any atom is 0.408 e. The SMILES string of the molecule is CON(C)C(=O)C(Cc1cccc(Br)c1F)NC(=O)OC(C)(C)C. The Morgan fingerprint density at radius 3 is 2.54 bits per heavy atom. The third-order valence-corrected chi connectivity index (χ3v) is 3.64. The van der Waals surface area contributed by atoms with Gasteiger partial charge in [-0.15, -0.1) is 0 Å². The molecule has 1 unspecified atom stereocenters. The van der Waals surface area contributed by atoms with Crippen molar-refractivity contribution in [2.24, 2.45) is 0 Å². The van der Waals surface area contributed by atoms with Crippen molar-refractivity contribution in [2.45, 2.75) is 38.8 Å². The lowest BCUT2D eigenvalue weighted by atomic mass is 10.0. The van der Waals surface area contributed by atoms with E-state index in [4.69, 9.17) is 9.57 Å². The van der Waals surface area contributed by atoms with Crippen LogP contribution in [0.4, 0.5) is 9.18 Å². The first-order chi connectivity index (χ1) is 11.0. The van der Waals surface area contributed by atoms with Crippen molar-refractivity contribution in [3.63, 3.8) is 0 Å². The van der Waals surface area contributed by atoms with Gasteiger partial charge in [-0.25, -0.2) is 14.2 Å². The second-order valence-electron chi connectivity index (χ2n) is 6.13. The van der Waals surface area contributed by atoms with Crippen LogP contribution in [0.25, 0.3) is 0 Å². The zero-order valence-corrected chi connectivity index (χ0v) is 15.9. The van der Waals surface area contributed by atoms with E-state index in [-0.39, 0.29) is 16.5 Å². The molecule has 0 heterocycles. The average molecular weight is 405 g/mol. The molecule has 0 saturated heterocycles. The standard InChI is InChI=1S/C16H22BrFN2O4/c1-16(2,3)24-15(22)19-12(14(21)20(4)23-5)9-10-7-6-8-11(17)13(10)18/h6-8,12H,9H2,1-5H3,(H,19,22). The van der Waals surface area contributed by atoms with Gasteiger partial charge in [-0.05, 0) is 48.3 Å². The molecule has 0 fully saturated rings. The molecule has 0 aliphatic rings. The van der Waals surface area contributed by atoms with Gasteiger partial charge in [0.05, 0.1) is 11.6 Å². The molecule has 0 saturated carbocycles. The lowest BCUT2D eigenvalue weighted by molar-refractivity contribution is -0.171. The number of benzene rings is 1. The predicted molar refractivity (Wildman–Crippen MR) is 90.7 cm³/mol. The highest BCUT2D eigenvalue weighted by atomic mass is 79.9. The summed E-state index contributed by atoms with van der Waals surface area (Å²) in [5.74, 6) is -1.01. The van der Waals surface area contributed by atoms with Crippen molar-refractivity contribution in [3.8, 4) is 0 Å². The summed E-state index contributed by atoms with van der Waals surface area (Å²) in [5.41, 5.74) is -0.436. The predicted octanol–water partition coefficient (Wildman–Crippen LogP) is 3.04. The van der Waals surface area contributed by atoms with Gasteiger partial charge in [-0.3, -0.25) is 9.63 Å². The van der Waals surface area contributed by atoms with Crippen molar-refractivity contribution in [1.29, 1.82) is 0 Å². The van der Waals surface area contributed by atoms with Crippen molar-refractivity contribution >= 4 is 27.9 Å². The van der Waals surface area contributed by atoms with Gasteiger partial charge >= 0.3 is 6.09 Å². The molecule has 0 aliphatic heterocycles. The number of rotatable bonds is 5. The van der Waals surface area contributed by atoms with Crippen molar-refractivity contribution in [2.75, 3.05) is 14.2 Å². The first-order valence-electron chi connectivity index (χ1n) is 7.29. The zero-order valence-electron chi connectivity index (χ0n) is 14.4. The number of alkyl carbamates (subject to hydrolysis) is 1. The van der Waals surface area contributed by atoms with Crippen LogP contribution in [0.3, 0.4) is 0 Å². The lowest BCUT2D eigenvalue weighted by Gasteiger charge is -2.25. The van der Waals surface area contributed by atoms with E-state index in [1.165, 1.54) is 14.2 Å². The topological polar surface area (TPSA) is 67.9 Å². The fourth-order valence-corrected chi connectivity index (χ4v) is 2.29. The molecule has 6 nitrogen and oxygen atoms in total. The third kappa shape index (κ3) is 6.09. The summed E-state index contributed by atoms with van der Waals surface area (Å²) >= 11 is 3.10. The Bertz CT molecular complexity index is 604. The van der Waals surface area contributed by atoms with E-state index < -0.39 is 29.5 Å². The van der Waals surface area contributed by atoms with Gasteiger partial charge in [0.2, 0.25) is 0 Å². The lowest BCUT2D eigenvalue weighted by Crippen LogP contribution is -2.49. The Morgan fingerprint density at radius 2 is 2.00 bits per heavy atom. The van der Waals surface area contributed by atoms with Gasteiger partial charge in [-0.2, -0.15) is 0 Å². The molecule has 0 aliphatic carbocycles. The maximum absolute atomic E-state index is 14.2. The average Bonchev–Trinajstić information content (AvgIpc) is 2.47. The van der Waals surface area contributed by atoms with Gasteiger partial charge in [0, 0.05) is 13.5 Å². The number of amides is 2. The highest BCUT2D eigenvalue weighted by molar-refractivity contribution is 9.10. The van der Waals surface area contributed by atoms with Crippen LogP contribution in [0.2, 0.25) is 0 Å². The molecule has 1 rings (SSSR count). The first kappa shape index (κ1) is 20.4. The Hall–Kier alpha value is -1.67. The van der Waals surface area contributed by atoms with Crippen LogP contribution in [-0.4, -0.2) is 42.9 Å². The molecular weight excluding hydrogens is 383 g/mol. The molecule has 134 valence electrons. The van der Waals surface area contributed by atoms with Crippen LogP contribution in [0, 0.1) is 5.82 Å². The minimum Gasteiger partial charge on any atom is -0.444 e. The number of halogens is 2. The third-order valence-electron chi connectivity index (χ3n) is 3.03. The number of nitrogens with one attached hydrogen (secondary N) is 1. The number of hydroxylamine groups is 2. The van der Waals surface area contributed by atoms with Crippen LogP contribution in [0.5, 0.6) is 0 Å². The molecule has 0 radical (unpaired) electrons. The molecule has 1 atom stereocenters. The van der Waals surface area contributed by atoms with E-state index in [0.717, 1.165) is 5.06 Å². The first-order valence-corrected chi connectivity index (χ1v) is 8.08. The summed E-state index contributed by atoms with van der Waals surface area (Å²) in [5, 5.41) is 3.44. The van der Waals surface area contributed by atoms with Gasteiger partial charge in [0.1, 0.15) is 17.5 Å². The summed E-state index contributed by atoms with van der Waals surface area (Å²) in [6.45, 7) is 5.12. The number of hydrogen-bond donors (Lipinski definition) is 1. The Morgan fingerprint density at radius 1 is 1.38 bits per heavy atom. The van der Waals surface area contributed by atoms with E-state index in [1.54, 1.807) is 39.0 Å². The summed E-state index contributed by atoms with van der Waals surface area (Å²) in [6, 6.07) is 3.72. The maximum atomic E-state index is 14.2. The van der Waals surface area contributed by atoms with Crippen LogP contribution < -0.4 is 5.32 Å². The van der Waals surface area contributed by atoms with Crippen LogP contribution >= 0.6 is 15.9 Å². The van der Waals surface area contributed by atoms with E-state index in [9.17, 15) is 14.0 Å². The molecule has 1 aromatic carbocycles. The van der Waals surface area contributed by atoms with Gasteiger partial charge in [-0.1, -0.05) is 12.1 Å². The second-order valence-corrected chi connectivity index (χ2v) is 6.99. The molecule has 2 amide bonds. The molecule has 0 aromatic heterocycles. The van der Waals surface area contributed by atoms with Gasteiger partial charge in [0.25, 0.3) is 5.91 Å². The Labute approximate surface area is 149 Å². The Kier molecular flexibility index (Phi) is 7.16. The highest BCUT2D eigenvalue weighted by Gasteiger charge is 2.28. The fourth-order valence-electron chi connectivity index (χ4n) is 1.89. The van der Waals surface area contributed by atoms with Crippen LogP contribution in [0.1, 0.15) is 26.3 Å². The Balaban J connectivity index is 2.99. The largest absolute Gasteiger partial charge is 0.444 e. The molecule has 0 bridgehead atoms. The molecule has 1 aromatic rings. The number of likely N-dealkylation sites (N-methyl/N-ethyl adjacent to an activating group) is 1. The molecular formula is C16H22BrFN2O4. The molecule has 8 heteroatoms. The summed E-state index contributed by atoms with van der Waals surface area (Å²) in [4.78, 5) is 29.2. The van der Waals surface area contributed by atoms with Crippen molar-refractivity contribution < 1.29 is 23.6 Å². The van der Waals surface area contributed by atoms with Gasteiger partial charge in [0.15, 0.2) is 0 Å². The zero-order chi connectivity index (χ0) is 18.5. The number of carbonyl (C=O) groups is 2. The number of ether oxygens (including phenoxy) is 1. The normalized spacial score (nSPS) is 12.5. The van der Waals surface area contributed by atoms with Crippen LogP contribution in [0.15, 0.2) is 22.7 Å². The van der Waals surface area contributed by atoms with E-state index in [2.05, 4.69) is 21.2 Å². The monoisotopic (exact) mass is 404 g/mol. The van der Waals surface area contributed by atoms with Crippen molar-refractivity contribution in [1.82, 2.24) is 10.4 Å². The summed E-state index contributed by atoms with van der Waals surface area (Å²) < 4.78 is 19.6. The van der Waals surface area contributed by atoms with E-state index in [1.807, 2.05) is 0 Å². The summed E-state index contributed by atoms with van der Waals surface area (Å²) in [7, 11) is 2.73. The minimum atomic E-state index is -1.03. The fraction of sp³-hybridized carbons (Fsp3) is 0.500. The summed E-state index contributed by atoms with van der Waals surface area (Å²) in [6.07, 6.45) is -0.808. The number of carbonyl (C=O) groups excluding carboxylic acids is 2. The number of hydrogen-bond acceptors (Lipinski definition) is 4. The molecule has 24 heavy (non-hydrogen) atoms. The second kappa shape index (κ2) is 8.43. The number of nitrogens with zero attached hydrogens (tertiary/aromatic N) is 1. The minimum absolute atomic E-state index is 0.0446.